The Kier molecular flexibility index (Phi) is 4.99. The molecule has 2 aliphatic rings. The van der Waals surface area contributed by atoms with Crippen LogP contribution in [0.15, 0.2) is 66.2 Å². The number of hydrogen-bond acceptors (Lipinski definition) is 7. The molecule has 3 heterocycles. The molecule has 0 saturated carbocycles. The molecule has 166 valence electrons. The summed E-state index contributed by atoms with van der Waals surface area (Å²) in [5.74, 6) is 0.884. The minimum absolute atomic E-state index is 0.225. The molecule has 1 aliphatic carbocycles. The van der Waals surface area contributed by atoms with E-state index in [2.05, 4.69) is 50.7 Å². The van der Waals surface area contributed by atoms with Crippen molar-refractivity contribution in [1.29, 1.82) is 0 Å². The van der Waals surface area contributed by atoms with Gasteiger partial charge in [0.25, 0.3) is 0 Å². The molecule has 1 saturated heterocycles. The van der Waals surface area contributed by atoms with E-state index >= 15 is 0 Å². The predicted molar refractivity (Wildman–Crippen MR) is 128 cm³/mol. The number of benzene rings is 2. The van der Waals surface area contributed by atoms with Gasteiger partial charge in [0.1, 0.15) is 17.6 Å². The third-order valence-electron chi connectivity index (χ3n) is 6.53. The first-order valence-corrected chi connectivity index (χ1v) is 11.3. The van der Waals surface area contributed by atoms with Crippen molar-refractivity contribution in [1.82, 2.24) is 14.4 Å². The smallest absolute Gasteiger partial charge is 0.157 e. The summed E-state index contributed by atoms with van der Waals surface area (Å²) in [5, 5.41) is 6.84. The van der Waals surface area contributed by atoms with Crippen LogP contribution in [-0.4, -0.2) is 40.7 Å². The Hall–Kier alpha value is -3.78. The second-order valence-electron chi connectivity index (χ2n) is 8.46. The standard InChI is InChI=1S/C25H24N6O2/c32-29-22-8-3-18-15-19(4-7-21(18)22)27-25-24(28-23-16-26-9-10-31(23)25)17-1-5-20(6-2-17)30-11-13-33-14-12-30/h1-2,4-7,9-10,15-16,22,27H,3,8,11-14H2. The molecule has 0 radical (unpaired) electrons. The number of aromatic nitrogens is 3. The van der Waals surface area contributed by atoms with Gasteiger partial charge < -0.3 is 15.0 Å². The zero-order chi connectivity index (χ0) is 22.2. The van der Waals surface area contributed by atoms with Gasteiger partial charge >= 0.3 is 0 Å². The van der Waals surface area contributed by atoms with Gasteiger partial charge in [-0.05, 0) is 48.2 Å². The third kappa shape index (κ3) is 3.62. The summed E-state index contributed by atoms with van der Waals surface area (Å²) in [6, 6.07) is 14.4. The molecule has 33 heavy (non-hydrogen) atoms. The Morgan fingerprint density at radius 1 is 1.09 bits per heavy atom. The molecule has 8 heteroatoms. The van der Waals surface area contributed by atoms with E-state index < -0.39 is 0 Å². The van der Waals surface area contributed by atoms with Gasteiger partial charge in [0, 0.05) is 42.4 Å². The fourth-order valence-electron chi connectivity index (χ4n) is 4.80. The molecule has 0 amide bonds. The minimum Gasteiger partial charge on any atom is -0.378 e. The maximum atomic E-state index is 11.1. The number of nitroso groups, excluding NO2 is 1. The number of anilines is 3. The number of nitrogens with zero attached hydrogens (tertiary/aromatic N) is 5. The Morgan fingerprint density at radius 3 is 2.76 bits per heavy atom. The van der Waals surface area contributed by atoms with Crippen molar-refractivity contribution in [2.45, 2.75) is 18.9 Å². The molecule has 0 bridgehead atoms. The highest BCUT2D eigenvalue weighted by Crippen LogP contribution is 2.37. The molecular formula is C25H24N6O2. The fraction of sp³-hybridized carbons (Fsp3) is 0.280. The number of nitrogens with one attached hydrogen (secondary N) is 1. The van der Waals surface area contributed by atoms with Crippen molar-refractivity contribution >= 4 is 22.8 Å². The van der Waals surface area contributed by atoms with Crippen molar-refractivity contribution in [3.05, 3.63) is 77.1 Å². The van der Waals surface area contributed by atoms with Crippen molar-refractivity contribution in [2.75, 3.05) is 36.5 Å². The second kappa shape index (κ2) is 8.29. The number of hydrogen-bond donors (Lipinski definition) is 1. The summed E-state index contributed by atoms with van der Waals surface area (Å²) in [7, 11) is 0. The highest BCUT2D eigenvalue weighted by atomic mass is 16.5. The Morgan fingerprint density at radius 2 is 1.94 bits per heavy atom. The number of aryl methyl sites for hydroxylation is 1. The fourth-order valence-corrected chi connectivity index (χ4v) is 4.80. The minimum atomic E-state index is -0.225. The van der Waals surface area contributed by atoms with Crippen LogP contribution in [0.4, 0.5) is 17.2 Å². The molecule has 8 nitrogen and oxygen atoms in total. The van der Waals surface area contributed by atoms with Crippen LogP contribution in [0, 0.1) is 4.91 Å². The molecule has 6 rings (SSSR count). The third-order valence-corrected chi connectivity index (χ3v) is 6.53. The van der Waals surface area contributed by atoms with E-state index in [-0.39, 0.29) is 6.04 Å². The zero-order valence-electron chi connectivity index (χ0n) is 18.1. The normalized spacial score (nSPS) is 17.8. The van der Waals surface area contributed by atoms with E-state index in [1.54, 1.807) is 12.4 Å². The summed E-state index contributed by atoms with van der Waals surface area (Å²) < 4.78 is 7.49. The van der Waals surface area contributed by atoms with Crippen molar-refractivity contribution in [3.63, 3.8) is 0 Å². The van der Waals surface area contributed by atoms with Gasteiger partial charge in [-0.3, -0.25) is 9.38 Å². The first-order chi connectivity index (χ1) is 16.3. The molecule has 4 aromatic rings. The lowest BCUT2D eigenvalue weighted by molar-refractivity contribution is 0.122. The molecule has 0 spiro atoms. The Labute approximate surface area is 191 Å². The predicted octanol–water partition coefficient (Wildman–Crippen LogP) is 4.73. The maximum Gasteiger partial charge on any atom is 0.157 e. The average Bonchev–Trinajstić information content (AvgIpc) is 3.46. The number of rotatable bonds is 5. The van der Waals surface area contributed by atoms with Crippen molar-refractivity contribution in [2.24, 2.45) is 5.18 Å². The van der Waals surface area contributed by atoms with Crippen LogP contribution in [0.3, 0.4) is 0 Å². The topological polar surface area (TPSA) is 84.1 Å². The molecule has 1 N–H and O–H groups in total. The van der Waals surface area contributed by atoms with Crippen LogP contribution in [-0.2, 0) is 11.2 Å². The SMILES string of the molecule is O=NC1CCc2cc(Nc3c(-c4ccc(N5CCOCC5)cc4)nc4cnccn34)ccc21. The molecule has 2 aromatic heterocycles. The zero-order valence-corrected chi connectivity index (χ0v) is 18.1. The summed E-state index contributed by atoms with van der Waals surface area (Å²) in [6.07, 6.45) is 7.09. The lowest BCUT2D eigenvalue weighted by Crippen LogP contribution is -2.36. The lowest BCUT2D eigenvalue weighted by atomic mass is 10.1. The number of imidazole rings is 1. The van der Waals surface area contributed by atoms with Gasteiger partial charge in [-0.15, -0.1) is 0 Å². The highest BCUT2D eigenvalue weighted by Gasteiger charge is 2.24. The van der Waals surface area contributed by atoms with Gasteiger partial charge in [0.05, 0.1) is 19.4 Å². The van der Waals surface area contributed by atoms with E-state index in [0.717, 1.165) is 73.1 Å². The molecule has 1 atom stereocenters. The molecule has 1 fully saturated rings. The van der Waals surface area contributed by atoms with Crippen molar-refractivity contribution in [3.8, 4) is 11.3 Å². The number of fused-ring (bicyclic) bond motifs is 2. The molecule has 2 aromatic carbocycles. The molecule has 1 unspecified atom stereocenters. The van der Waals surface area contributed by atoms with Gasteiger partial charge in [-0.25, -0.2) is 4.98 Å². The monoisotopic (exact) mass is 440 g/mol. The number of morpholine rings is 1. The van der Waals surface area contributed by atoms with E-state index in [1.165, 1.54) is 11.3 Å². The van der Waals surface area contributed by atoms with Gasteiger partial charge in [0.15, 0.2) is 5.65 Å². The first-order valence-electron chi connectivity index (χ1n) is 11.3. The van der Waals surface area contributed by atoms with E-state index in [1.807, 2.05) is 22.7 Å². The summed E-state index contributed by atoms with van der Waals surface area (Å²) in [6.45, 7) is 3.34. The van der Waals surface area contributed by atoms with Crippen LogP contribution in [0.2, 0.25) is 0 Å². The van der Waals surface area contributed by atoms with E-state index in [4.69, 9.17) is 9.72 Å². The Bertz CT molecular complexity index is 1310. The van der Waals surface area contributed by atoms with E-state index in [0.29, 0.717) is 0 Å². The maximum absolute atomic E-state index is 11.1. The largest absolute Gasteiger partial charge is 0.378 e. The van der Waals surface area contributed by atoms with Crippen LogP contribution in [0.25, 0.3) is 16.9 Å². The van der Waals surface area contributed by atoms with Gasteiger partial charge in [-0.2, -0.15) is 4.91 Å². The number of ether oxygens (including phenoxy) is 1. The first kappa shape index (κ1) is 19.9. The van der Waals surface area contributed by atoms with Gasteiger partial charge in [-0.1, -0.05) is 23.4 Å². The van der Waals surface area contributed by atoms with Gasteiger partial charge in [0.2, 0.25) is 0 Å². The Balaban J connectivity index is 1.36. The van der Waals surface area contributed by atoms with E-state index in [9.17, 15) is 4.91 Å². The quantitative estimate of drug-likeness (QED) is 0.452. The van der Waals surface area contributed by atoms with Crippen LogP contribution < -0.4 is 10.2 Å². The van der Waals surface area contributed by atoms with Crippen LogP contribution in [0.5, 0.6) is 0 Å². The van der Waals surface area contributed by atoms with Crippen LogP contribution >= 0.6 is 0 Å². The summed E-state index contributed by atoms with van der Waals surface area (Å²) in [4.78, 5) is 22.5. The lowest BCUT2D eigenvalue weighted by Gasteiger charge is -2.28. The average molecular weight is 441 g/mol. The summed E-state index contributed by atoms with van der Waals surface area (Å²) >= 11 is 0. The molecule has 1 aliphatic heterocycles. The van der Waals surface area contributed by atoms with Crippen molar-refractivity contribution < 1.29 is 4.74 Å². The summed E-state index contributed by atoms with van der Waals surface area (Å²) in [5.41, 5.74) is 7.05. The highest BCUT2D eigenvalue weighted by molar-refractivity contribution is 5.80. The molecular weight excluding hydrogens is 416 g/mol. The second-order valence-corrected chi connectivity index (χ2v) is 8.46. The van der Waals surface area contributed by atoms with Crippen LogP contribution in [0.1, 0.15) is 23.6 Å².